The van der Waals surface area contributed by atoms with Gasteiger partial charge in [-0.3, -0.25) is 29.0 Å². The third kappa shape index (κ3) is 19.6. The summed E-state index contributed by atoms with van der Waals surface area (Å²) >= 11 is 0. The lowest BCUT2D eigenvalue weighted by Gasteiger charge is -2.26. The molecule has 2 rings (SSSR count). The molecular weight excluding hydrogens is 795 g/mol. The van der Waals surface area contributed by atoms with Gasteiger partial charge in [0.25, 0.3) is 0 Å². The number of guanidine groups is 1. The number of carbonyl (C=O) groups is 5. The first-order chi connectivity index (χ1) is 29.5. The van der Waals surface area contributed by atoms with Gasteiger partial charge < -0.3 is 59.1 Å². The number of phenolic OH excluding ortho intramolecular Hbond substituents is 2. The molecule has 0 heterocycles. The standard InChI is InChI=1S/C45H69N9O8/c1-6-28(2)37(52-40(57)30(4)49-5)23-18-34(26-31-13-19-35(55)20-14-31)41(58)54-39(27-32-15-21-36(56)22-16-32)43(60)53-38(11-7-8-24-46)42(59)51-29(3)12-17-33(44(61)62)10-9-25-50-45(47)48/h12-23,28-30,33-34,37-39,49,55-56H,6-11,24-27,46H2,1-5H3,(H,51,59)(H,52,57)(H,53,60)(H,54,58)(H,61,62)(H4,47,48,50)/b17-12+,23-18+. The van der Waals surface area contributed by atoms with Crippen molar-refractivity contribution in [3.05, 3.63) is 84.0 Å². The molecule has 0 aliphatic carbocycles. The highest BCUT2D eigenvalue weighted by Gasteiger charge is 2.30. The van der Waals surface area contributed by atoms with Gasteiger partial charge in [0.05, 0.1) is 17.9 Å². The highest BCUT2D eigenvalue weighted by molar-refractivity contribution is 5.93. The normalized spacial score (nSPS) is 15.3. The Hall–Kier alpha value is -5.94. The fourth-order valence-corrected chi connectivity index (χ4v) is 6.33. The maximum absolute atomic E-state index is 14.4. The second-order valence-corrected chi connectivity index (χ2v) is 15.6. The number of likely N-dealkylation sites (N-methyl/N-ethyl adjacent to an activating group) is 1. The molecule has 0 aromatic heterocycles. The van der Waals surface area contributed by atoms with Crippen molar-refractivity contribution in [1.82, 2.24) is 26.6 Å². The second-order valence-electron chi connectivity index (χ2n) is 15.6. The summed E-state index contributed by atoms with van der Waals surface area (Å²) in [5.74, 6) is -4.56. The number of amides is 4. The van der Waals surface area contributed by atoms with Gasteiger partial charge in [0, 0.05) is 25.0 Å². The number of carbonyl (C=O) groups excluding carboxylic acids is 4. The molecule has 2 aromatic carbocycles. The summed E-state index contributed by atoms with van der Waals surface area (Å²) in [6.45, 7) is 8.07. The minimum Gasteiger partial charge on any atom is -0.508 e. The van der Waals surface area contributed by atoms with Crippen LogP contribution < -0.4 is 43.8 Å². The summed E-state index contributed by atoms with van der Waals surface area (Å²) < 4.78 is 0. The average Bonchev–Trinajstić information content (AvgIpc) is 3.23. The zero-order valence-electron chi connectivity index (χ0n) is 36.7. The fraction of sp³-hybridized carbons (Fsp3) is 0.511. The number of carboxylic acid groups (broad SMARTS) is 1. The van der Waals surface area contributed by atoms with Crippen LogP contribution in [0.4, 0.5) is 0 Å². The number of phenols is 2. The smallest absolute Gasteiger partial charge is 0.310 e. The monoisotopic (exact) mass is 864 g/mol. The molecule has 0 radical (unpaired) electrons. The van der Waals surface area contributed by atoms with Crippen LogP contribution in [0, 0.1) is 17.8 Å². The summed E-state index contributed by atoms with van der Waals surface area (Å²) in [4.78, 5) is 71.1. The number of aliphatic carboxylic acids is 1. The molecule has 0 fully saturated rings. The van der Waals surface area contributed by atoms with Gasteiger partial charge in [0.2, 0.25) is 23.6 Å². The van der Waals surface area contributed by atoms with Gasteiger partial charge in [-0.05, 0) is 107 Å². The van der Waals surface area contributed by atoms with Crippen LogP contribution in [-0.2, 0) is 36.8 Å². The number of aliphatic imine (C=N–C) groups is 1. The number of hydrogen-bond donors (Lipinski definition) is 11. The van der Waals surface area contributed by atoms with Crippen LogP contribution in [0.5, 0.6) is 11.5 Å². The molecule has 17 nitrogen and oxygen atoms in total. The number of nitrogens with two attached hydrogens (primary N) is 3. The third-order valence-electron chi connectivity index (χ3n) is 10.5. The van der Waals surface area contributed by atoms with Gasteiger partial charge in [-0.15, -0.1) is 0 Å². The minimum atomic E-state index is -1.18. The molecule has 2 aromatic rings. The minimum absolute atomic E-state index is 0.0109. The number of carboxylic acids is 1. The molecule has 0 aliphatic heterocycles. The number of nitrogens with zero attached hydrogens (tertiary/aromatic N) is 1. The van der Waals surface area contributed by atoms with Crippen molar-refractivity contribution in [2.24, 2.45) is 39.9 Å². The van der Waals surface area contributed by atoms with Crippen molar-refractivity contribution < 1.29 is 39.3 Å². The molecule has 4 amide bonds. The molecule has 8 atom stereocenters. The number of hydrogen-bond acceptors (Lipinski definition) is 10. The van der Waals surface area contributed by atoms with Gasteiger partial charge >= 0.3 is 5.97 Å². The van der Waals surface area contributed by atoms with E-state index in [1.54, 1.807) is 63.4 Å². The zero-order chi connectivity index (χ0) is 46.2. The zero-order valence-corrected chi connectivity index (χ0v) is 36.7. The lowest BCUT2D eigenvalue weighted by molar-refractivity contribution is -0.140. The van der Waals surface area contributed by atoms with Crippen molar-refractivity contribution in [2.75, 3.05) is 20.1 Å². The summed E-state index contributed by atoms with van der Waals surface area (Å²) in [5, 5.41) is 44.2. The Bertz CT molecular complexity index is 1800. The summed E-state index contributed by atoms with van der Waals surface area (Å²) in [6, 6.07) is 8.95. The average molecular weight is 864 g/mol. The largest absolute Gasteiger partial charge is 0.508 e. The van der Waals surface area contributed by atoms with E-state index in [-0.39, 0.29) is 61.5 Å². The Morgan fingerprint density at radius 1 is 0.677 bits per heavy atom. The molecule has 342 valence electrons. The van der Waals surface area contributed by atoms with Crippen molar-refractivity contribution in [2.45, 2.75) is 109 Å². The molecule has 62 heavy (non-hydrogen) atoms. The van der Waals surface area contributed by atoms with Crippen LogP contribution in [0.2, 0.25) is 0 Å². The Morgan fingerprint density at radius 3 is 1.79 bits per heavy atom. The molecule has 17 heteroatoms. The van der Waals surface area contributed by atoms with Gasteiger partial charge in [0.1, 0.15) is 23.6 Å². The van der Waals surface area contributed by atoms with Gasteiger partial charge in [-0.2, -0.15) is 0 Å². The van der Waals surface area contributed by atoms with E-state index in [4.69, 9.17) is 17.2 Å². The van der Waals surface area contributed by atoms with E-state index in [1.165, 1.54) is 30.3 Å². The molecule has 14 N–H and O–H groups in total. The number of benzene rings is 2. The van der Waals surface area contributed by atoms with Crippen molar-refractivity contribution >= 4 is 35.6 Å². The van der Waals surface area contributed by atoms with E-state index in [0.717, 1.165) is 12.0 Å². The van der Waals surface area contributed by atoms with Gasteiger partial charge in [-0.25, -0.2) is 0 Å². The van der Waals surface area contributed by atoms with Gasteiger partial charge in [0.15, 0.2) is 5.96 Å². The van der Waals surface area contributed by atoms with Crippen molar-refractivity contribution in [1.29, 1.82) is 0 Å². The van der Waals surface area contributed by atoms with Crippen LogP contribution in [-0.4, -0.2) is 101 Å². The predicted molar refractivity (Wildman–Crippen MR) is 241 cm³/mol. The number of unbranched alkanes of at least 4 members (excludes halogenated alkanes) is 1. The quantitative estimate of drug-likeness (QED) is 0.0254. The molecule has 0 saturated carbocycles. The van der Waals surface area contributed by atoms with E-state index in [0.29, 0.717) is 31.4 Å². The maximum Gasteiger partial charge on any atom is 0.310 e. The van der Waals surface area contributed by atoms with Crippen LogP contribution in [0.15, 0.2) is 77.8 Å². The Balaban J connectivity index is 2.45. The fourth-order valence-electron chi connectivity index (χ4n) is 6.33. The van der Waals surface area contributed by atoms with E-state index in [9.17, 15) is 39.3 Å². The Kier molecular flexibility index (Phi) is 23.4. The lowest BCUT2D eigenvalue weighted by atomic mass is 9.93. The highest BCUT2D eigenvalue weighted by Crippen LogP contribution is 2.19. The first-order valence-electron chi connectivity index (χ1n) is 21.3. The van der Waals surface area contributed by atoms with Crippen LogP contribution in [0.3, 0.4) is 0 Å². The topological polar surface area (TPSA) is 297 Å². The summed E-state index contributed by atoms with van der Waals surface area (Å²) in [6.07, 6.45) is 9.55. The SMILES string of the molecule is CCC(C)C(/C=C/C(Cc1ccc(O)cc1)C(=O)NC(Cc1ccc(O)cc1)C(=O)NC(CCCCN)C(=O)NC(C)/C=C/C(CCCN=C(N)N)C(=O)O)NC(=O)C(C)NC. The van der Waals surface area contributed by atoms with Gasteiger partial charge in [-0.1, -0.05) is 68.8 Å². The third-order valence-corrected chi connectivity index (χ3v) is 10.5. The first kappa shape index (κ1) is 52.2. The second kappa shape index (κ2) is 27.8. The highest BCUT2D eigenvalue weighted by atomic mass is 16.4. The van der Waals surface area contributed by atoms with Crippen LogP contribution in [0.25, 0.3) is 0 Å². The molecular formula is C45H69N9O8. The lowest BCUT2D eigenvalue weighted by Crippen LogP contribution is -2.55. The Morgan fingerprint density at radius 2 is 1.24 bits per heavy atom. The summed E-state index contributed by atoms with van der Waals surface area (Å²) in [5.41, 5.74) is 17.8. The Labute approximate surface area is 365 Å². The molecule has 0 saturated heterocycles. The molecule has 8 unspecified atom stereocenters. The molecule has 0 spiro atoms. The first-order valence-corrected chi connectivity index (χ1v) is 21.3. The number of aromatic hydroxyl groups is 2. The summed E-state index contributed by atoms with van der Waals surface area (Å²) in [7, 11) is 1.69. The van der Waals surface area contributed by atoms with E-state index < -0.39 is 65.7 Å². The molecule has 0 bridgehead atoms. The van der Waals surface area contributed by atoms with Crippen LogP contribution in [0.1, 0.15) is 77.3 Å². The van der Waals surface area contributed by atoms with Crippen LogP contribution >= 0.6 is 0 Å². The predicted octanol–water partition coefficient (Wildman–Crippen LogP) is 2.11. The van der Waals surface area contributed by atoms with Crippen molar-refractivity contribution in [3.8, 4) is 11.5 Å². The van der Waals surface area contributed by atoms with E-state index in [2.05, 4.69) is 31.6 Å². The number of nitrogens with one attached hydrogen (secondary N) is 5. The van der Waals surface area contributed by atoms with Crippen molar-refractivity contribution in [3.63, 3.8) is 0 Å². The van der Waals surface area contributed by atoms with E-state index in [1.807, 2.05) is 13.8 Å². The van der Waals surface area contributed by atoms with E-state index >= 15 is 0 Å². The number of rotatable bonds is 28. The molecule has 0 aliphatic rings. The maximum atomic E-state index is 14.4.